The van der Waals surface area contributed by atoms with Gasteiger partial charge >= 0.3 is 19.8 Å². The molecule has 0 radical (unpaired) electrons. The molecule has 14 heteroatoms. The zero-order valence-electron chi connectivity index (χ0n) is 35.5. The van der Waals surface area contributed by atoms with Gasteiger partial charge in [0.05, 0.1) is 6.61 Å². The third-order valence-corrected chi connectivity index (χ3v) is 10.6. The Balaban J connectivity index is 2.58. The highest BCUT2D eigenvalue weighted by Gasteiger charge is 2.51. The fourth-order valence-corrected chi connectivity index (χ4v) is 7.10. The molecule has 13 nitrogen and oxygen atoms in total. The van der Waals surface area contributed by atoms with E-state index in [0.717, 1.165) is 63.9 Å². The first-order valence-electron chi connectivity index (χ1n) is 21.8. The monoisotopic (exact) mass is 854 g/mol. The summed E-state index contributed by atoms with van der Waals surface area (Å²) in [6, 6.07) is 0. The van der Waals surface area contributed by atoms with Gasteiger partial charge in [-0.05, 0) is 57.8 Å². The summed E-state index contributed by atoms with van der Waals surface area (Å²) in [5, 5.41) is 50.0. The molecule has 1 aliphatic carbocycles. The van der Waals surface area contributed by atoms with Gasteiger partial charge in [-0.25, -0.2) is 9.36 Å². The molecule has 8 atom stereocenters. The van der Waals surface area contributed by atoms with Gasteiger partial charge in [0.25, 0.3) is 0 Å². The molecule has 0 aromatic rings. The molecule has 1 aliphatic rings. The topological polar surface area (TPSA) is 210 Å². The summed E-state index contributed by atoms with van der Waals surface area (Å²) >= 11 is 0. The van der Waals surface area contributed by atoms with Crippen LogP contribution in [0.3, 0.4) is 0 Å². The van der Waals surface area contributed by atoms with Crippen molar-refractivity contribution in [3.63, 3.8) is 0 Å². The summed E-state index contributed by atoms with van der Waals surface area (Å²) in [5.41, 5.74) is 0. The predicted molar refractivity (Wildman–Crippen MR) is 230 cm³/mol. The summed E-state index contributed by atoms with van der Waals surface area (Å²) in [5.74, 6) is -1.41. The SMILES string of the molecule is CC/C=C/C/C=C/C/C=C/C/C=C/CCCCC(=O)OC[C@H](COP(=O)(O)OC1C(O)C(O)C(O)[C@@H](O)C1O)OC(=O)/C=C/C=C/CCCCCCCCCCCCC. The van der Waals surface area contributed by atoms with E-state index in [1.54, 1.807) is 6.08 Å². The summed E-state index contributed by atoms with van der Waals surface area (Å²) < 4.78 is 33.2. The number of phosphoric ester groups is 1. The van der Waals surface area contributed by atoms with Crippen molar-refractivity contribution in [2.75, 3.05) is 13.2 Å². The Hall–Kier alpha value is -2.71. The number of ether oxygens (including phenoxy) is 2. The van der Waals surface area contributed by atoms with Crippen LogP contribution < -0.4 is 0 Å². The molecular weight excluding hydrogens is 779 g/mol. The lowest BCUT2D eigenvalue weighted by Crippen LogP contribution is -2.64. The third kappa shape index (κ3) is 27.7. The lowest BCUT2D eigenvalue weighted by Gasteiger charge is -2.41. The number of hydrogen-bond acceptors (Lipinski definition) is 12. The second-order valence-electron chi connectivity index (χ2n) is 14.9. The Morgan fingerprint density at radius 3 is 1.66 bits per heavy atom. The van der Waals surface area contributed by atoms with Crippen molar-refractivity contribution in [1.29, 1.82) is 0 Å². The summed E-state index contributed by atoms with van der Waals surface area (Å²) in [6.07, 6.45) is 30.3. The van der Waals surface area contributed by atoms with Crippen LogP contribution in [0.2, 0.25) is 0 Å². The molecule has 1 rings (SSSR count). The van der Waals surface area contributed by atoms with Crippen molar-refractivity contribution in [3.8, 4) is 0 Å². The van der Waals surface area contributed by atoms with Gasteiger partial charge in [-0.2, -0.15) is 0 Å². The number of aliphatic hydroxyl groups is 5. The van der Waals surface area contributed by atoms with Crippen molar-refractivity contribution in [3.05, 3.63) is 72.9 Å². The van der Waals surface area contributed by atoms with Crippen LogP contribution in [0.1, 0.15) is 142 Å². The molecule has 6 N–H and O–H groups in total. The molecule has 0 bridgehead atoms. The largest absolute Gasteiger partial charge is 0.472 e. The van der Waals surface area contributed by atoms with Gasteiger partial charge < -0.3 is 39.9 Å². The Labute approximate surface area is 353 Å². The lowest BCUT2D eigenvalue weighted by atomic mass is 9.85. The molecular formula is C45H75O13P. The smallest absolute Gasteiger partial charge is 0.462 e. The summed E-state index contributed by atoms with van der Waals surface area (Å²) in [6.45, 7) is 3.03. The van der Waals surface area contributed by atoms with E-state index in [-0.39, 0.29) is 6.42 Å². The highest BCUT2D eigenvalue weighted by Crippen LogP contribution is 2.47. The minimum atomic E-state index is -5.15. The number of aliphatic hydroxyl groups excluding tert-OH is 5. The maximum absolute atomic E-state index is 12.8. The van der Waals surface area contributed by atoms with Crippen molar-refractivity contribution >= 4 is 19.8 Å². The Bertz CT molecular complexity index is 1310. The van der Waals surface area contributed by atoms with Crippen LogP contribution in [0.5, 0.6) is 0 Å². The zero-order valence-corrected chi connectivity index (χ0v) is 36.4. The maximum atomic E-state index is 12.8. The van der Waals surface area contributed by atoms with Crippen LogP contribution in [-0.2, 0) is 32.7 Å². The highest BCUT2D eigenvalue weighted by molar-refractivity contribution is 7.47. The van der Waals surface area contributed by atoms with Gasteiger partial charge in [0.15, 0.2) is 6.10 Å². The van der Waals surface area contributed by atoms with Crippen LogP contribution in [0.4, 0.5) is 0 Å². The van der Waals surface area contributed by atoms with Gasteiger partial charge in [-0.3, -0.25) is 13.8 Å². The molecule has 0 amide bonds. The van der Waals surface area contributed by atoms with E-state index < -0.39 is 75.7 Å². The number of allylic oxidation sites excluding steroid dienone is 11. The molecule has 59 heavy (non-hydrogen) atoms. The molecule has 338 valence electrons. The average Bonchev–Trinajstić information content (AvgIpc) is 3.21. The molecule has 0 spiro atoms. The van der Waals surface area contributed by atoms with Gasteiger partial charge in [0.2, 0.25) is 0 Å². The summed E-state index contributed by atoms with van der Waals surface area (Å²) in [4.78, 5) is 35.5. The van der Waals surface area contributed by atoms with E-state index in [4.69, 9.17) is 18.5 Å². The first-order chi connectivity index (χ1) is 28.4. The second kappa shape index (κ2) is 34.9. The van der Waals surface area contributed by atoms with E-state index in [1.807, 2.05) is 6.08 Å². The van der Waals surface area contributed by atoms with Gasteiger partial charge in [-0.15, -0.1) is 0 Å². The van der Waals surface area contributed by atoms with Crippen molar-refractivity contribution in [1.82, 2.24) is 0 Å². The summed E-state index contributed by atoms with van der Waals surface area (Å²) in [7, 11) is -5.15. The standard InChI is InChI=1S/C45H75O13P/c1-3-5-7-9-11-13-15-17-19-21-23-25-27-29-31-33-38(46)55-35-37(36-56-59(53,54)58-45-43(51)41(49)40(48)42(50)44(45)52)57-39(47)34-32-30-28-26-24-22-20-18-16-14-12-10-8-6-4-2/h5,7,11,13,17,19,23,25,28,30,32,34,37,40-45,48-52H,3-4,6,8-10,12,14-16,18,20-22,24,26-27,29,31,33,35-36H2,1-2H3,(H,53,54)/b7-5+,13-11+,19-17+,25-23+,30-28+,34-32+/t37-,40?,41-,42?,43?,44?,45?/m1/s1. The van der Waals surface area contributed by atoms with E-state index in [0.29, 0.717) is 6.42 Å². The Kier molecular flexibility index (Phi) is 32.2. The minimum Gasteiger partial charge on any atom is -0.462 e. The van der Waals surface area contributed by atoms with Crippen LogP contribution in [0, 0.1) is 0 Å². The first-order valence-corrected chi connectivity index (χ1v) is 23.3. The molecule has 0 aromatic carbocycles. The van der Waals surface area contributed by atoms with Crippen LogP contribution in [0.15, 0.2) is 72.9 Å². The van der Waals surface area contributed by atoms with Crippen LogP contribution in [-0.4, -0.2) is 98.3 Å². The number of hydrogen-bond donors (Lipinski definition) is 6. The predicted octanol–water partition coefficient (Wildman–Crippen LogP) is 7.94. The molecule has 0 aliphatic heterocycles. The first kappa shape index (κ1) is 54.3. The number of carbonyl (C=O) groups is 2. The van der Waals surface area contributed by atoms with Crippen LogP contribution in [0.25, 0.3) is 0 Å². The van der Waals surface area contributed by atoms with E-state index in [9.17, 15) is 44.6 Å². The number of esters is 2. The number of unbranched alkanes of at least 4 members (excludes halogenated alkanes) is 13. The normalized spacial score (nSPS) is 23.1. The van der Waals surface area contributed by atoms with Crippen LogP contribution >= 0.6 is 7.82 Å². The molecule has 0 aromatic heterocycles. The number of carbonyl (C=O) groups excluding carboxylic acids is 2. The van der Waals surface area contributed by atoms with Crippen molar-refractivity contribution in [2.24, 2.45) is 0 Å². The fraction of sp³-hybridized carbons (Fsp3) is 0.689. The fourth-order valence-electron chi connectivity index (χ4n) is 6.13. The van der Waals surface area contributed by atoms with E-state index in [1.165, 1.54) is 63.9 Å². The molecule has 0 heterocycles. The van der Waals surface area contributed by atoms with E-state index >= 15 is 0 Å². The van der Waals surface area contributed by atoms with Gasteiger partial charge in [-0.1, -0.05) is 145 Å². The minimum absolute atomic E-state index is 0.0917. The lowest BCUT2D eigenvalue weighted by molar-refractivity contribution is -0.220. The Morgan fingerprint density at radius 2 is 1.08 bits per heavy atom. The van der Waals surface area contributed by atoms with Crippen molar-refractivity contribution < 1.29 is 63.1 Å². The molecule has 0 saturated heterocycles. The molecule has 6 unspecified atom stereocenters. The quantitative estimate of drug-likeness (QED) is 0.00908. The second-order valence-corrected chi connectivity index (χ2v) is 16.3. The molecule has 1 saturated carbocycles. The molecule has 1 fully saturated rings. The third-order valence-electron chi connectivity index (χ3n) is 9.64. The Morgan fingerprint density at radius 1 is 0.593 bits per heavy atom. The number of phosphoric acid groups is 1. The maximum Gasteiger partial charge on any atom is 0.472 e. The highest BCUT2D eigenvalue weighted by atomic mass is 31.2. The van der Waals surface area contributed by atoms with Gasteiger partial charge in [0, 0.05) is 12.5 Å². The number of rotatable bonds is 34. The van der Waals surface area contributed by atoms with Gasteiger partial charge in [0.1, 0.15) is 43.2 Å². The van der Waals surface area contributed by atoms with Crippen molar-refractivity contribution in [2.45, 2.75) is 185 Å². The zero-order chi connectivity index (χ0) is 43.6. The van der Waals surface area contributed by atoms with E-state index in [2.05, 4.69) is 62.5 Å². The average molecular weight is 855 g/mol.